The van der Waals surface area contributed by atoms with Gasteiger partial charge in [0, 0.05) is 33.1 Å². The molecule has 0 saturated carbocycles. The molecule has 4 heteroatoms. The molecule has 0 spiro atoms. The number of hydrogen-bond acceptors (Lipinski definition) is 4. The van der Waals surface area contributed by atoms with Gasteiger partial charge in [-0.25, -0.2) is 19.9 Å². The molecule has 0 fully saturated rings. The van der Waals surface area contributed by atoms with Crippen molar-refractivity contribution in [3.63, 3.8) is 0 Å². The summed E-state index contributed by atoms with van der Waals surface area (Å²) in [5.74, 6) is 1.93. The van der Waals surface area contributed by atoms with E-state index in [-0.39, 0.29) is 5.41 Å². The predicted octanol–water partition coefficient (Wildman–Crippen LogP) is 13.9. The largest absolute Gasteiger partial charge is 0.247 e. The fraction of sp³-hybridized carbons (Fsp3) is 0.0545. The third kappa shape index (κ3) is 6.00. The van der Waals surface area contributed by atoms with Gasteiger partial charge in [-0.15, -0.1) is 0 Å². The van der Waals surface area contributed by atoms with E-state index in [1.165, 1.54) is 49.9 Å². The van der Waals surface area contributed by atoms with Gasteiger partial charge in [-0.05, 0) is 73.5 Å². The van der Waals surface area contributed by atoms with Gasteiger partial charge in [-0.2, -0.15) is 0 Å². The first-order valence-corrected chi connectivity index (χ1v) is 20.1. The Labute approximate surface area is 343 Å². The van der Waals surface area contributed by atoms with Gasteiger partial charge in [0.25, 0.3) is 0 Å². The molecule has 0 unspecified atom stereocenters. The van der Waals surface area contributed by atoms with Crippen molar-refractivity contribution in [2.75, 3.05) is 0 Å². The summed E-state index contributed by atoms with van der Waals surface area (Å²) < 4.78 is 0. The van der Waals surface area contributed by atoms with E-state index in [1.54, 1.807) is 0 Å². The summed E-state index contributed by atoms with van der Waals surface area (Å²) in [5, 5.41) is 3.46. The number of benzene rings is 8. The van der Waals surface area contributed by atoms with E-state index >= 15 is 0 Å². The van der Waals surface area contributed by atoms with Gasteiger partial charge >= 0.3 is 0 Å². The maximum absolute atomic E-state index is 5.24. The Bertz CT molecular complexity index is 3210. The van der Waals surface area contributed by atoms with Crippen LogP contribution in [-0.2, 0) is 5.41 Å². The zero-order valence-electron chi connectivity index (χ0n) is 32.8. The van der Waals surface area contributed by atoms with Gasteiger partial charge < -0.3 is 0 Å². The van der Waals surface area contributed by atoms with E-state index in [4.69, 9.17) is 19.9 Å². The molecule has 2 aromatic heterocycles. The lowest BCUT2D eigenvalue weighted by Crippen LogP contribution is -2.16. The molecule has 0 radical (unpaired) electrons. The van der Waals surface area contributed by atoms with Crippen molar-refractivity contribution in [2.45, 2.75) is 19.3 Å². The van der Waals surface area contributed by atoms with Crippen molar-refractivity contribution in [1.82, 2.24) is 19.9 Å². The second-order valence-electron chi connectivity index (χ2n) is 15.9. The molecule has 0 atom stereocenters. The van der Waals surface area contributed by atoms with Gasteiger partial charge in [0.2, 0.25) is 0 Å². The zero-order chi connectivity index (χ0) is 39.5. The van der Waals surface area contributed by atoms with Crippen LogP contribution < -0.4 is 0 Å². The molecule has 1 aliphatic rings. The number of para-hydroxylation sites is 1. The minimum Gasteiger partial charge on any atom is -0.247 e. The number of pyridine rings is 1. The monoisotopic (exact) mass is 754 g/mol. The second kappa shape index (κ2) is 13.8. The SMILES string of the molecule is CC1(C)c2ccccc2-c2nc3ccccc3c(-c3ccc(-c4ccc5cc(-c6nc(-c7ccccc7)nc(-c7ccc(-c8ccccc8)cc7)n6)ccc5c4)cc3)c21. The molecular weight excluding hydrogens is 717 g/mol. The highest BCUT2D eigenvalue weighted by molar-refractivity contribution is 6.02. The number of hydrogen-bond donors (Lipinski definition) is 0. The van der Waals surface area contributed by atoms with Crippen LogP contribution in [0.2, 0.25) is 0 Å². The molecule has 59 heavy (non-hydrogen) atoms. The number of aromatic nitrogens is 4. The van der Waals surface area contributed by atoms with Crippen LogP contribution in [0.3, 0.4) is 0 Å². The van der Waals surface area contributed by atoms with Gasteiger partial charge in [-0.1, -0.05) is 190 Å². The molecule has 8 aromatic carbocycles. The molecule has 278 valence electrons. The van der Waals surface area contributed by atoms with Crippen molar-refractivity contribution in [2.24, 2.45) is 0 Å². The summed E-state index contributed by atoms with van der Waals surface area (Å²) in [6, 6.07) is 68.5. The Morgan fingerprint density at radius 2 is 0.814 bits per heavy atom. The van der Waals surface area contributed by atoms with Crippen LogP contribution in [0.5, 0.6) is 0 Å². The fourth-order valence-electron chi connectivity index (χ4n) is 8.87. The summed E-state index contributed by atoms with van der Waals surface area (Å²) >= 11 is 0. The Balaban J connectivity index is 0.941. The molecular formula is C55H38N4. The molecule has 0 N–H and O–H groups in total. The Kier molecular flexibility index (Phi) is 8.12. The van der Waals surface area contributed by atoms with Gasteiger partial charge in [0.1, 0.15) is 0 Å². The average Bonchev–Trinajstić information content (AvgIpc) is 3.53. The van der Waals surface area contributed by atoms with Crippen molar-refractivity contribution in [3.05, 3.63) is 205 Å². The van der Waals surface area contributed by atoms with E-state index in [9.17, 15) is 0 Å². The lowest BCUT2D eigenvalue weighted by atomic mass is 9.78. The molecule has 0 bridgehead atoms. The minimum atomic E-state index is -0.172. The van der Waals surface area contributed by atoms with Crippen LogP contribution in [0.4, 0.5) is 0 Å². The van der Waals surface area contributed by atoms with Crippen LogP contribution in [0.25, 0.3) is 100 Å². The fourth-order valence-corrected chi connectivity index (χ4v) is 8.87. The normalized spacial score (nSPS) is 12.7. The van der Waals surface area contributed by atoms with Crippen LogP contribution in [-0.4, -0.2) is 19.9 Å². The van der Waals surface area contributed by atoms with E-state index < -0.39 is 0 Å². The van der Waals surface area contributed by atoms with Crippen molar-refractivity contribution < 1.29 is 0 Å². The third-order valence-electron chi connectivity index (χ3n) is 11.9. The van der Waals surface area contributed by atoms with Crippen LogP contribution in [0.15, 0.2) is 194 Å². The van der Waals surface area contributed by atoms with Crippen molar-refractivity contribution >= 4 is 21.7 Å². The molecule has 0 saturated heterocycles. The van der Waals surface area contributed by atoms with Crippen molar-refractivity contribution in [1.29, 1.82) is 0 Å². The van der Waals surface area contributed by atoms with Crippen LogP contribution in [0.1, 0.15) is 25.0 Å². The summed E-state index contributed by atoms with van der Waals surface area (Å²) in [5.41, 5.74) is 15.8. The topological polar surface area (TPSA) is 51.6 Å². The van der Waals surface area contributed by atoms with Crippen LogP contribution in [0, 0.1) is 0 Å². The maximum Gasteiger partial charge on any atom is 0.164 e. The summed E-state index contributed by atoms with van der Waals surface area (Å²) in [4.78, 5) is 20.2. The molecule has 4 nitrogen and oxygen atoms in total. The Morgan fingerprint density at radius 1 is 0.356 bits per heavy atom. The van der Waals surface area contributed by atoms with E-state index in [0.29, 0.717) is 17.5 Å². The zero-order valence-corrected chi connectivity index (χ0v) is 32.8. The smallest absolute Gasteiger partial charge is 0.164 e. The molecule has 1 aliphatic carbocycles. The first-order valence-electron chi connectivity index (χ1n) is 20.1. The van der Waals surface area contributed by atoms with Crippen LogP contribution >= 0.6 is 0 Å². The lowest BCUT2D eigenvalue weighted by molar-refractivity contribution is 0.662. The lowest BCUT2D eigenvalue weighted by Gasteiger charge is -2.25. The average molecular weight is 755 g/mol. The molecule has 0 amide bonds. The van der Waals surface area contributed by atoms with E-state index in [0.717, 1.165) is 44.2 Å². The third-order valence-corrected chi connectivity index (χ3v) is 11.9. The van der Waals surface area contributed by atoms with Crippen molar-refractivity contribution in [3.8, 4) is 78.8 Å². The van der Waals surface area contributed by atoms with Gasteiger partial charge in [0.15, 0.2) is 17.5 Å². The Morgan fingerprint density at radius 3 is 1.51 bits per heavy atom. The molecule has 10 aromatic rings. The highest BCUT2D eigenvalue weighted by Gasteiger charge is 2.39. The second-order valence-corrected chi connectivity index (χ2v) is 15.9. The first-order chi connectivity index (χ1) is 29.0. The highest BCUT2D eigenvalue weighted by Crippen LogP contribution is 2.53. The van der Waals surface area contributed by atoms with Gasteiger partial charge in [-0.3, -0.25) is 0 Å². The number of nitrogens with zero attached hydrogens (tertiary/aromatic N) is 4. The minimum absolute atomic E-state index is 0.172. The first kappa shape index (κ1) is 34.7. The summed E-state index contributed by atoms with van der Waals surface area (Å²) in [6.45, 7) is 4.66. The standard InChI is InChI=1S/C55H38N4/c1-55(2)47-19-11-9-17-45(47)51-50(55)49(46-18-10-12-20-48(46)56-51)38-25-21-37(22-26-38)41-29-30-43-34-44(32-31-42(43)33-41)54-58-52(39-15-7-4-8-16-39)57-53(59-54)40-27-23-36(24-28-40)35-13-5-3-6-14-35/h3-34H,1-2H3. The molecule has 11 rings (SSSR count). The summed E-state index contributed by atoms with van der Waals surface area (Å²) in [7, 11) is 0. The highest BCUT2D eigenvalue weighted by atomic mass is 15.0. The maximum atomic E-state index is 5.24. The Hall–Kier alpha value is -7.56. The predicted molar refractivity (Wildman–Crippen MR) is 243 cm³/mol. The van der Waals surface area contributed by atoms with E-state index in [2.05, 4.69) is 172 Å². The van der Waals surface area contributed by atoms with Gasteiger partial charge in [0.05, 0.1) is 11.2 Å². The van der Waals surface area contributed by atoms with E-state index in [1.807, 2.05) is 36.4 Å². The molecule has 2 heterocycles. The number of fused-ring (bicyclic) bond motifs is 5. The molecule has 0 aliphatic heterocycles. The quantitative estimate of drug-likeness (QED) is 0.170. The number of rotatable bonds is 6. The summed E-state index contributed by atoms with van der Waals surface area (Å²) in [6.07, 6.45) is 0.